The van der Waals surface area contributed by atoms with Gasteiger partial charge in [0.05, 0.1) is 4.70 Å². The van der Waals surface area contributed by atoms with Crippen molar-refractivity contribution in [3.8, 4) is 5.75 Å². The molecule has 1 aromatic heterocycles. The second-order valence-electron chi connectivity index (χ2n) is 7.57. The Kier molecular flexibility index (Phi) is 9.18. The summed E-state index contributed by atoms with van der Waals surface area (Å²) in [6.07, 6.45) is -11.0. The first-order chi connectivity index (χ1) is 17.0. The summed E-state index contributed by atoms with van der Waals surface area (Å²) in [5.74, 6) is -11.3. The van der Waals surface area contributed by atoms with E-state index in [1.165, 1.54) is 13.0 Å². The van der Waals surface area contributed by atoms with Gasteiger partial charge in [-0.15, -0.1) is 0 Å². The van der Waals surface area contributed by atoms with E-state index in [0.717, 1.165) is 16.2 Å². The molecule has 0 aliphatic carbocycles. The molecule has 0 aliphatic heterocycles. The highest BCUT2D eigenvalue weighted by molar-refractivity contribution is 7.16. The summed E-state index contributed by atoms with van der Waals surface area (Å²) in [4.78, 5) is 49.7. The van der Waals surface area contributed by atoms with Gasteiger partial charge in [0.25, 0.3) is 0 Å². The van der Waals surface area contributed by atoms with Gasteiger partial charge in [-0.05, 0) is 31.5 Å². The number of hydrogen-bond donors (Lipinski definition) is 3. The van der Waals surface area contributed by atoms with Crippen molar-refractivity contribution in [1.29, 1.82) is 0 Å². The number of carbonyl (C=O) groups excluding carboxylic acids is 3. The van der Waals surface area contributed by atoms with Crippen LogP contribution in [0.3, 0.4) is 0 Å². The van der Waals surface area contributed by atoms with Crippen LogP contribution in [0, 0.1) is 0 Å². The molecular weight excluding hydrogens is 540 g/mol. The molecule has 0 fully saturated rings. The highest BCUT2D eigenvalue weighted by Gasteiger charge is 2.54. The Morgan fingerprint density at radius 3 is 2.14 bits per heavy atom. The van der Waals surface area contributed by atoms with E-state index in [0.29, 0.717) is 23.6 Å². The maximum Gasteiger partial charge on any atom is 0.491 e. The quantitative estimate of drug-likeness (QED) is 0.174. The van der Waals surface area contributed by atoms with Crippen LogP contribution in [0.15, 0.2) is 16.9 Å². The Hall–Kier alpha value is -3.34. The molecule has 17 heteroatoms. The summed E-state index contributed by atoms with van der Waals surface area (Å²) >= 11 is 0.890. The molecule has 0 atom stereocenters. The standard InChI is InChI=1S/C20H21F6N3O7S/c1-3-29(9-8-27-7-6-10-4-5-11(30)12-13(10)37-17(34)28-12)14(31)18(2,35-15(32)19(21,22)23)36-16(33)20(24,25)26/h4-5,27,30H,3,6-9H2,1-2H3,(H,28,34). The highest BCUT2D eigenvalue weighted by Crippen LogP contribution is 2.29. The number of esters is 2. The Labute approximate surface area is 208 Å². The van der Waals surface area contributed by atoms with Gasteiger partial charge in [-0.2, -0.15) is 26.3 Å². The smallest absolute Gasteiger partial charge is 0.491 e. The van der Waals surface area contributed by atoms with E-state index in [9.17, 15) is 50.6 Å². The molecule has 2 aromatic rings. The first-order valence-electron chi connectivity index (χ1n) is 10.4. The Bertz CT molecular complexity index is 1180. The first-order valence-corrected chi connectivity index (χ1v) is 11.2. The fraction of sp³-hybridized carbons (Fsp3) is 0.500. The van der Waals surface area contributed by atoms with E-state index in [2.05, 4.69) is 19.8 Å². The van der Waals surface area contributed by atoms with Gasteiger partial charge in [0, 0.05) is 26.6 Å². The van der Waals surface area contributed by atoms with Crippen LogP contribution in [-0.4, -0.2) is 77.2 Å². The Balaban J connectivity index is 2.06. The summed E-state index contributed by atoms with van der Waals surface area (Å²) in [7, 11) is 0. The third-order valence-electron chi connectivity index (χ3n) is 4.86. The molecule has 0 bridgehead atoms. The molecule has 0 saturated heterocycles. The van der Waals surface area contributed by atoms with Gasteiger partial charge in [-0.3, -0.25) is 9.59 Å². The van der Waals surface area contributed by atoms with Gasteiger partial charge in [0.2, 0.25) is 0 Å². The van der Waals surface area contributed by atoms with Crippen molar-refractivity contribution < 1.29 is 55.3 Å². The Morgan fingerprint density at radius 1 is 1.05 bits per heavy atom. The predicted molar refractivity (Wildman–Crippen MR) is 116 cm³/mol. The molecule has 1 heterocycles. The largest absolute Gasteiger partial charge is 0.506 e. The van der Waals surface area contributed by atoms with E-state index in [1.54, 1.807) is 6.07 Å². The molecule has 0 spiro atoms. The SMILES string of the molecule is CCN(CCNCCc1ccc(O)c2[nH]c(=O)sc12)C(=O)C(C)(OC(=O)C(F)(F)F)OC(=O)C(F)(F)F. The van der Waals surface area contributed by atoms with Crippen LogP contribution in [0.25, 0.3) is 10.2 Å². The van der Waals surface area contributed by atoms with Gasteiger partial charge in [-0.25, -0.2) is 9.59 Å². The van der Waals surface area contributed by atoms with Crippen LogP contribution in [0.2, 0.25) is 0 Å². The van der Waals surface area contributed by atoms with Gasteiger partial charge >= 0.3 is 40.9 Å². The van der Waals surface area contributed by atoms with Crippen molar-refractivity contribution in [3.63, 3.8) is 0 Å². The number of nitrogens with one attached hydrogen (secondary N) is 2. The lowest BCUT2D eigenvalue weighted by molar-refractivity contribution is -0.265. The number of amides is 1. The maximum absolute atomic E-state index is 12.7. The van der Waals surface area contributed by atoms with Gasteiger partial charge < -0.3 is 29.8 Å². The Morgan fingerprint density at radius 2 is 1.62 bits per heavy atom. The number of phenols is 1. The fourth-order valence-corrected chi connectivity index (χ4v) is 4.00. The van der Waals surface area contributed by atoms with E-state index >= 15 is 0 Å². The summed E-state index contributed by atoms with van der Waals surface area (Å²) in [6, 6.07) is 2.99. The zero-order chi connectivity index (χ0) is 28.2. The van der Waals surface area contributed by atoms with Crippen LogP contribution in [0.5, 0.6) is 5.75 Å². The number of hydrogen-bond acceptors (Lipinski definition) is 9. The van der Waals surface area contributed by atoms with Crippen molar-refractivity contribution in [2.75, 3.05) is 26.2 Å². The third-order valence-corrected chi connectivity index (χ3v) is 5.82. The minimum Gasteiger partial charge on any atom is -0.506 e. The lowest BCUT2D eigenvalue weighted by Gasteiger charge is -2.33. The number of carbonyl (C=O) groups is 3. The topological polar surface area (TPSA) is 138 Å². The van der Waals surface area contributed by atoms with Gasteiger partial charge in [-0.1, -0.05) is 17.4 Å². The van der Waals surface area contributed by atoms with Gasteiger partial charge in [0.1, 0.15) is 11.3 Å². The average Bonchev–Trinajstić information content (AvgIpc) is 3.18. The average molecular weight is 561 g/mol. The van der Waals surface area contributed by atoms with Crippen LogP contribution in [0.4, 0.5) is 26.3 Å². The predicted octanol–water partition coefficient (Wildman–Crippen LogP) is 2.20. The molecular formula is C20H21F6N3O7S. The van der Waals surface area contributed by atoms with Crippen molar-refractivity contribution >= 4 is 39.4 Å². The van der Waals surface area contributed by atoms with E-state index in [4.69, 9.17) is 0 Å². The first kappa shape index (κ1) is 29.9. The van der Waals surface area contributed by atoms with Crippen LogP contribution >= 0.6 is 11.3 Å². The number of phenolic OH excluding ortho intramolecular Hbond substituents is 1. The molecule has 0 saturated carbocycles. The third kappa shape index (κ3) is 7.58. The van der Waals surface area contributed by atoms with E-state index in [-0.39, 0.29) is 42.3 Å². The van der Waals surface area contributed by atoms with E-state index < -0.39 is 36.0 Å². The summed E-state index contributed by atoms with van der Waals surface area (Å²) in [5, 5.41) is 12.7. The summed E-state index contributed by atoms with van der Waals surface area (Å²) < 4.78 is 84.1. The van der Waals surface area contributed by atoms with Crippen molar-refractivity contribution in [3.05, 3.63) is 27.4 Å². The number of benzene rings is 1. The molecule has 2 rings (SSSR count). The lowest BCUT2D eigenvalue weighted by atomic mass is 10.1. The number of H-pyrrole nitrogens is 1. The highest BCUT2D eigenvalue weighted by atomic mass is 32.1. The number of aromatic nitrogens is 1. The number of nitrogens with zero attached hydrogens (tertiary/aromatic N) is 1. The number of ether oxygens (including phenoxy) is 2. The minimum absolute atomic E-state index is 0.0132. The molecule has 206 valence electrons. The molecule has 1 amide bonds. The molecule has 0 unspecified atom stereocenters. The van der Waals surface area contributed by atoms with Crippen molar-refractivity contribution in [2.24, 2.45) is 0 Å². The van der Waals surface area contributed by atoms with Crippen LogP contribution in [0.1, 0.15) is 19.4 Å². The molecule has 0 aliphatic rings. The number of aromatic amines is 1. The van der Waals surface area contributed by atoms with Crippen molar-refractivity contribution in [1.82, 2.24) is 15.2 Å². The number of rotatable bonds is 10. The summed E-state index contributed by atoms with van der Waals surface area (Å²) in [6.45, 7) is 1.37. The van der Waals surface area contributed by atoms with Crippen LogP contribution in [-0.2, 0) is 30.3 Å². The number of thiazole rings is 1. The number of halogens is 6. The second-order valence-corrected chi connectivity index (χ2v) is 8.55. The fourth-order valence-electron chi connectivity index (χ4n) is 3.10. The number of likely N-dealkylation sites (N-methyl/N-ethyl adjacent to an activating group) is 1. The van der Waals surface area contributed by atoms with E-state index in [1.807, 2.05) is 0 Å². The number of fused-ring (bicyclic) bond motifs is 1. The zero-order valence-electron chi connectivity index (χ0n) is 19.2. The number of alkyl halides is 6. The zero-order valence-corrected chi connectivity index (χ0v) is 20.0. The second kappa shape index (κ2) is 11.4. The minimum atomic E-state index is -5.68. The lowest BCUT2D eigenvalue weighted by Crippen LogP contribution is -2.56. The van der Waals surface area contributed by atoms with Crippen molar-refractivity contribution in [2.45, 2.75) is 38.4 Å². The summed E-state index contributed by atoms with van der Waals surface area (Å²) in [5.41, 5.74) is 0.981. The molecule has 0 radical (unpaired) electrons. The normalized spacial score (nSPS) is 12.4. The van der Waals surface area contributed by atoms with Crippen LogP contribution < -0.4 is 10.2 Å². The number of aromatic hydroxyl groups is 1. The maximum atomic E-state index is 12.7. The molecule has 1 aromatic carbocycles. The van der Waals surface area contributed by atoms with Gasteiger partial charge in [0.15, 0.2) is 0 Å². The molecule has 3 N–H and O–H groups in total. The molecule has 10 nitrogen and oxygen atoms in total. The molecule has 37 heavy (non-hydrogen) atoms. The monoisotopic (exact) mass is 561 g/mol.